The van der Waals surface area contributed by atoms with Crippen molar-refractivity contribution >= 4 is 12.0 Å². The smallest absolute Gasteiger partial charge is 0.407 e. The van der Waals surface area contributed by atoms with Crippen molar-refractivity contribution in [3.8, 4) is 0 Å². The summed E-state index contributed by atoms with van der Waals surface area (Å²) in [5.41, 5.74) is -0.0287. The fourth-order valence-electron chi connectivity index (χ4n) is 4.49. The van der Waals surface area contributed by atoms with Crippen LogP contribution in [-0.2, 0) is 9.53 Å². The van der Waals surface area contributed by atoms with Crippen LogP contribution >= 0.6 is 0 Å². The van der Waals surface area contributed by atoms with Gasteiger partial charge in [0.2, 0.25) is 5.91 Å². The van der Waals surface area contributed by atoms with Gasteiger partial charge in [-0.15, -0.1) is 0 Å². The summed E-state index contributed by atoms with van der Waals surface area (Å²) >= 11 is 0. The van der Waals surface area contributed by atoms with Crippen LogP contribution in [0.2, 0.25) is 0 Å². The van der Waals surface area contributed by atoms with E-state index in [1.165, 1.54) is 25.7 Å². The van der Waals surface area contributed by atoms with Gasteiger partial charge in [-0.3, -0.25) is 4.79 Å². The molecule has 1 saturated heterocycles. The second-order valence-corrected chi connectivity index (χ2v) is 9.07. The first-order chi connectivity index (χ1) is 11.3. The summed E-state index contributed by atoms with van der Waals surface area (Å²) in [6, 6.07) is 0.0582. The van der Waals surface area contributed by atoms with Crippen LogP contribution in [0.3, 0.4) is 0 Å². The van der Waals surface area contributed by atoms with Crippen molar-refractivity contribution in [3.05, 3.63) is 0 Å². The van der Waals surface area contributed by atoms with Crippen LogP contribution in [0.1, 0.15) is 72.1 Å². The molecule has 0 aromatic rings. The van der Waals surface area contributed by atoms with Crippen LogP contribution in [0.4, 0.5) is 4.79 Å². The van der Waals surface area contributed by atoms with Gasteiger partial charge in [-0.2, -0.15) is 0 Å². The van der Waals surface area contributed by atoms with Crippen LogP contribution in [0.15, 0.2) is 0 Å². The third-order valence-corrected chi connectivity index (χ3v) is 5.91. The Morgan fingerprint density at radius 3 is 2.46 bits per heavy atom. The minimum Gasteiger partial charge on any atom is -0.444 e. The fraction of sp³-hybridized carbons (Fsp3) is 0.895. The largest absolute Gasteiger partial charge is 0.444 e. The zero-order chi connectivity index (χ0) is 17.4. The van der Waals surface area contributed by atoms with Gasteiger partial charge in [-0.05, 0) is 64.7 Å². The highest BCUT2D eigenvalue weighted by atomic mass is 16.6. The average Bonchev–Trinajstić information content (AvgIpc) is 2.90. The molecule has 2 saturated carbocycles. The molecule has 24 heavy (non-hydrogen) atoms. The molecule has 0 bridgehead atoms. The SMILES string of the molecule is CC(C)(C)OC(=O)N[C@@H]1CCC[C@@H](C(=O)N2CCC3(CCC3)C2)C1. The van der Waals surface area contributed by atoms with Crippen LogP contribution in [0.25, 0.3) is 0 Å². The lowest BCUT2D eigenvalue weighted by Crippen LogP contribution is -2.45. The Balaban J connectivity index is 1.50. The van der Waals surface area contributed by atoms with E-state index in [9.17, 15) is 9.59 Å². The highest BCUT2D eigenvalue weighted by molar-refractivity contribution is 5.79. The van der Waals surface area contributed by atoms with Gasteiger partial charge in [0, 0.05) is 25.0 Å². The van der Waals surface area contributed by atoms with Gasteiger partial charge < -0.3 is 15.0 Å². The minimum absolute atomic E-state index is 0.0582. The standard InChI is InChI=1S/C19H32N2O3/c1-18(2,3)24-17(23)20-15-7-4-6-14(12-15)16(22)21-11-10-19(13-21)8-5-9-19/h14-15H,4-13H2,1-3H3,(H,20,23)/t14-,15-/m1/s1. The van der Waals surface area contributed by atoms with Crippen LogP contribution in [0, 0.1) is 11.3 Å². The molecule has 0 aromatic carbocycles. The van der Waals surface area contributed by atoms with Crippen LogP contribution in [0.5, 0.6) is 0 Å². The van der Waals surface area contributed by atoms with Gasteiger partial charge in [0.05, 0.1) is 0 Å². The summed E-state index contributed by atoms with van der Waals surface area (Å²) < 4.78 is 5.34. The topological polar surface area (TPSA) is 58.6 Å². The third kappa shape index (κ3) is 4.04. The molecular formula is C19H32N2O3. The van der Waals surface area contributed by atoms with Gasteiger partial charge in [-0.1, -0.05) is 12.8 Å². The highest BCUT2D eigenvalue weighted by Crippen LogP contribution is 2.48. The maximum Gasteiger partial charge on any atom is 0.407 e. The molecule has 1 heterocycles. The summed E-state index contributed by atoms with van der Waals surface area (Å²) in [5, 5.41) is 2.96. The molecule has 3 fully saturated rings. The summed E-state index contributed by atoms with van der Waals surface area (Å²) in [6.45, 7) is 7.49. The number of amides is 2. The molecule has 2 amide bonds. The Morgan fingerprint density at radius 1 is 1.12 bits per heavy atom. The number of nitrogens with zero attached hydrogens (tertiary/aromatic N) is 1. The van der Waals surface area contributed by atoms with Gasteiger partial charge in [-0.25, -0.2) is 4.79 Å². The van der Waals surface area contributed by atoms with Crippen molar-refractivity contribution in [2.45, 2.75) is 83.8 Å². The van der Waals surface area contributed by atoms with E-state index in [1.54, 1.807) is 0 Å². The van der Waals surface area contributed by atoms with E-state index >= 15 is 0 Å². The van der Waals surface area contributed by atoms with Gasteiger partial charge in [0.25, 0.3) is 0 Å². The van der Waals surface area contributed by atoms with E-state index in [2.05, 4.69) is 10.2 Å². The van der Waals surface area contributed by atoms with Crippen molar-refractivity contribution < 1.29 is 14.3 Å². The van der Waals surface area contributed by atoms with Crippen molar-refractivity contribution in [1.29, 1.82) is 0 Å². The Bertz CT molecular complexity index is 493. The first-order valence-electron chi connectivity index (χ1n) is 9.55. The number of alkyl carbamates (subject to hydrolysis) is 1. The summed E-state index contributed by atoms with van der Waals surface area (Å²) in [4.78, 5) is 26.9. The summed E-state index contributed by atoms with van der Waals surface area (Å²) in [7, 11) is 0. The molecule has 1 N–H and O–H groups in total. The van der Waals surface area contributed by atoms with E-state index in [0.717, 1.165) is 38.8 Å². The molecule has 0 aromatic heterocycles. The van der Waals surface area contributed by atoms with E-state index < -0.39 is 5.60 Å². The quantitative estimate of drug-likeness (QED) is 0.840. The molecule has 3 aliphatic rings. The molecule has 0 unspecified atom stereocenters. The molecule has 2 aliphatic carbocycles. The lowest BCUT2D eigenvalue weighted by Gasteiger charge is -2.38. The molecule has 2 atom stereocenters. The molecule has 1 spiro atoms. The Labute approximate surface area is 145 Å². The number of hydrogen-bond donors (Lipinski definition) is 1. The molecule has 5 heteroatoms. The molecule has 3 rings (SSSR count). The highest BCUT2D eigenvalue weighted by Gasteiger charge is 2.45. The second-order valence-electron chi connectivity index (χ2n) is 9.07. The zero-order valence-electron chi connectivity index (χ0n) is 15.4. The summed E-state index contributed by atoms with van der Waals surface area (Å²) in [6.07, 6.45) is 8.38. The molecular weight excluding hydrogens is 304 g/mol. The average molecular weight is 336 g/mol. The number of nitrogens with one attached hydrogen (secondary N) is 1. The van der Waals surface area contributed by atoms with Crippen molar-refractivity contribution in [2.24, 2.45) is 11.3 Å². The third-order valence-electron chi connectivity index (χ3n) is 5.91. The van der Waals surface area contributed by atoms with Crippen molar-refractivity contribution in [1.82, 2.24) is 10.2 Å². The Kier molecular flexibility index (Phi) is 4.80. The van der Waals surface area contributed by atoms with E-state index in [1.807, 2.05) is 20.8 Å². The van der Waals surface area contributed by atoms with Crippen LogP contribution < -0.4 is 5.32 Å². The first kappa shape index (κ1) is 17.6. The number of likely N-dealkylation sites (tertiary alicyclic amines) is 1. The number of carbonyl (C=O) groups is 2. The second kappa shape index (κ2) is 6.57. The molecule has 5 nitrogen and oxygen atoms in total. The predicted molar refractivity (Wildman–Crippen MR) is 92.6 cm³/mol. The van der Waals surface area contributed by atoms with Gasteiger partial charge in [0.15, 0.2) is 0 Å². The lowest BCUT2D eigenvalue weighted by molar-refractivity contribution is -0.136. The van der Waals surface area contributed by atoms with Crippen LogP contribution in [-0.4, -0.2) is 41.6 Å². The monoisotopic (exact) mass is 336 g/mol. The Hall–Kier alpha value is -1.26. The number of rotatable bonds is 2. The summed E-state index contributed by atoms with van der Waals surface area (Å²) in [5.74, 6) is 0.378. The van der Waals surface area contributed by atoms with E-state index in [-0.39, 0.29) is 18.1 Å². The fourth-order valence-corrected chi connectivity index (χ4v) is 4.49. The number of carbonyl (C=O) groups excluding carboxylic acids is 2. The Morgan fingerprint density at radius 2 is 1.88 bits per heavy atom. The van der Waals surface area contributed by atoms with E-state index in [4.69, 9.17) is 4.74 Å². The minimum atomic E-state index is -0.486. The zero-order valence-corrected chi connectivity index (χ0v) is 15.4. The number of hydrogen-bond acceptors (Lipinski definition) is 3. The van der Waals surface area contributed by atoms with Crippen molar-refractivity contribution in [3.63, 3.8) is 0 Å². The maximum atomic E-state index is 12.9. The van der Waals surface area contributed by atoms with Gasteiger partial charge in [0.1, 0.15) is 5.60 Å². The maximum absolute atomic E-state index is 12.9. The lowest BCUT2D eigenvalue weighted by atomic mass is 9.68. The van der Waals surface area contributed by atoms with Gasteiger partial charge >= 0.3 is 6.09 Å². The predicted octanol–water partition coefficient (Wildman–Crippen LogP) is 3.47. The number of ether oxygens (including phenoxy) is 1. The normalized spacial score (nSPS) is 29.2. The first-order valence-corrected chi connectivity index (χ1v) is 9.55. The molecule has 0 radical (unpaired) electrons. The molecule has 1 aliphatic heterocycles. The van der Waals surface area contributed by atoms with E-state index in [0.29, 0.717) is 11.3 Å². The molecule has 136 valence electrons. The van der Waals surface area contributed by atoms with Crippen molar-refractivity contribution in [2.75, 3.05) is 13.1 Å².